The second kappa shape index (κ2) is 8.11. The molecule has 0 heterocycles. The standard InChI is InChI=1S/C21H19FN2O/c1-16-6-2-3-8-18(16)15-25-21-9-5-4-7-17(21)14-23-24-20-12-10-19(22)11-13-20/h2-14,24H,15H2,1H3. The number of para-hydroxylation sites is 1. The Bertz CT molecular complexity index is 860. The molecule has 3 aromatic rings. The molecular weight excluding hydrogens is 315 g/mol. The zero-order valence-electron chi connectivity index (χ0n) is 13.9. The van der Waals surface area contributed by atoms with Crippen LogP contribution in [0.5, 0.6) is 5.75 Å². The average molecular weight is 334 g/mol. The van der Waals surface area contributed by atoms with E-state index in [9.17, 15) is 4.39 Å². The minimum atomic E-state index is -0.274. The van der Waals surface area contributed by atoms with Crippen LogP contribution in [0.4, 0.5) is 10.1 Å². The smallest absolute Gasteiger partial charge is 0.128 e. The lowest BCUT2D eigenvalue weighted by atomic mass is 10.1. The molecule has 0 spiro atoms. The van der Waals surface area contributed by atoms with Gasteiger partial charge in [0.1, 0.15) is 18.2 Å². The van der Waals surface area contributed by atoms with Crippen molar-refractivity contribution in [1.82, 2.24) is 0 Å². The third-order valence-corrected chi connectivity index (χ3v) is 3.80. The number of rotatable bonds is 6. The van der Waals surface area contributed by atoms with Gasteiger partial charge in [0.25, 0.3) is 0 Å². The van der Waals surface area contributed by atoms with E-state index in [-0.39, 0.29) is 5.82 Å². The maximum absolute atomic E-state index is 12.9. The van der Waals surface area contributed by atoms with Gasteiger partial charge >= 0.3 is 0 Å². The minimum absolute atomic E-state index is 0.274. The molecule has 0 aliphatic rings. The van der Waals surface area contributed by atoms with Crippen molar-refractivity contribution in [2.75, 3.05) is 5.43 Å². The van der Waals surface area contributed by atoms with Crippen LogP contribution in [0.3, 0.4) is 0 Å². The molecule has 3 nitrogen and oxygen atoms in total. The van der Waals surface area contributed by atoms with Crippen LogP contribution in [0.15, 0.2) is 77.9 Å². The molecule has 0 bridgehead atoms. The fraction of sp³-hybridized carbons (Fsp3) is 0.0952. The summed E-state index contributed by atoms with van der Waals surface area (Å²) in [5.74, 6) is 0.486. The highest BCUT2D eigenvalue weighted by atomic mass is 19.1. The van der Waals surface area contributed by atoms with Gasteiger partial charge in [0.15, 0.2) is 0 Å². The average Bonchev–Trinajstić information content (AvgIpc) is 2.64. The summed E-state index contributed by atoms with van der Waals surface area (Å²) < 4.78 is 18.9. The molecule has 4 heteroatoms. The molecule has 0 unspecified atom stereocenters. The molecule has 0 fully saturated rings. The highest BCUT2D eigenvalue weighted by molar-refractivity contribution is 5.84. The number of hydrazone groups is 1. The molecule has 0 saturated heterocycles. The van der Waals surface area contributed by atoms with Gasteiger partial charge in [-0.25, -0.2) is 4.39 Å². The third-order valence-electron chi connectivity index (χ3n) is 3.80. The molecule has 0 aromatic heterocycles. The van der Waals surface area contributed by atoms with Crippen LogP contribution in [0.25, 0.3) is 0 Å². The van der Waals surface area contributed by atoms with E-state index in [1.807, 2.05) is 36.4 Å². The largest absolute Gasteiger partial charge is 0.488 e. The first kappa shape index (κ1) is 16.7. The summed E-state index contributed by atoms with van der Waals surface area (Å²) in [5, 5.41) is 4.20. The number of nitrogens with zero attached hydrogens (tertiary/aromatic N) is 1. The predicted molar refractivity (Wildman–Crippen MR) is 99.6 cm³/mol. The van der Waals surface area contributed by atoms with Crippen molar-refractivity contribution >= 4 is 11.9 Å². The summed E-state index contributed by atoms with van der Waals surface area (Å²) in [6.45, 7) is 2.57. The first-order valence-electron chi connectivity index (χ1n) is 8.03. The molecule has 0 atom stereocenters. The van der Waals surface area contributed by atoms with Gasteiger partial charge in [0, 0.05) is 5.56 Å². The van der Waals surface area contributed by atoms with E-state index >= 15 is 0 Å². The molecule has 0 radical (unpaired) electrons. The first-order valence-corrected chi connectivity index (χ1v) is 8.03. The van der Waals surface area contributed by atoms with E-state index in [0.717, 1.165) is 22.6 Å². The lowest BCUT2D eigenvalue weighted by Gasteiger charge is -2.10. The second-order valence-electron chi connectivity index (χ2n) is 5.63. The van der Waals surface area contributed by atoms with Gasteiger partial charge in [0.2, 0.25) is 0 Å². The number of hydrogen-bond donors (Lipinski definition) is 1. The van der Waals surface area contributed by atoms with Crippen molar-refractivity contribution in [3.63, 3.8) is 0 Å². The molecule has 3 rings (SSSR count). The number of ether oxygens (including phenoxy) is 1. The Labute approximate surface area is 146 Å². The van der Waals surface area contributed by atoms with Gasteiger partial charge in [-0.1, -0.05) is 36.4 Å². The van der Waals surface area contributed by atoms with E-state index in [1.54, 1.807) is 18.3 Å². The monoisotopic (exact) mass is 334 g/mol. The topological polar surface area (TPSA) is 33.6 Å². The molecule has 1 N–H and O–H groups in total. The number of halogens is 1. The summed E-state index contributed by atoms with van der Waals surface area (Å²) in [6, 6.07) is 21.9. The van der Waals surface area contributed by atoms with Crippen molar-refractivity contribution in [2.45, 2.75) is 13.5 Å². The number of aryl methyl sites for hydroxylation is 1. The molecule has 126 valence electrons. The Morgan fingerprint density at radius 1 is 0.960 bits per heavy atom. The van der Waals surface area contributed by atoms with Gasteiger partial charge in [-0.15, -0.1) is 0 Å². The second-order valence-corrected chi connectivity index (χ2v) is 5.63. The minimum Gasteiger partial charge on any atom is -0.488 e. The van der Waals surface area contributed by atoms with Crippen LogP contribution in [-0.4, -0.2) is 6.21 Å². The summed E-state index contributed by atoms with van der Waals surface area (Å²) >= 11 is 0. The molecule has 0 saturated carbocycles. The Balaban J connectivity index is 1.67. The van der Waals surface area contributed by atoms with Gasteiger partial charge in [-0.05, 0) is 54.4 Å². The lowest BCUT2D eigenvalue weighted by molar-refractivity contribution is 0.305. The van der Waals surface area contributed by atoms with Crippen LogP contribution in [0, 0.1) is 12.7 Å². The zero-order valence-corrected chi connectivity index (χ0v) is 13.9. The third kappa shape index (κ3) is 4.67. The van der Waals surface area contributed by atoms with E-state index in [4.69, 9.17) is 4.74 Å². The maximum atomic E-state index is 12.9. The Morgan fingerprint density at radius 3 is 2.48 bits per heavy atom. The van der Waals surface area contributed by atoms with E-state index in [2.05, 4.69) is 29.6 Å². The molecule has 0 amide bonds. The van der Waals surface area contributed by atoms with Gasteiger partial charge < -0.3 is 4.74 Å². The summed E-state index contributed by atoms with van der Waals surface area (Å²) in [4.78, 5) is 0. The Kier molecular flexibility index (Phi) is 5.42. The van der Waals surface area contributed by atoms with Gasteiger partial charge in [-0.2, -0.15) is 5.10 Å². The van der Waals surface area contributed by atoms with Crippen molar-refractivity contribution in [2.24, 2.45) is 5.10 Å². The Morgan fingerprint density at radius 2 is 1.68 bits per heavy atom. The summed E-state index contributed by atoms with van der Waals surface area (Å²) in [7, 11) is 0. The normalized spacial score (nSPS) is 10.8. The number of anilines is 1. The molecule has 0 aliphatic heterocycles. The SMILES string of the molecule is Cc1ccccc1COc1ccccc1C=NNc1ccc(F)cc1. The molecule has 3 aromatic carbocycles. The van der Waals surface area contributed by atoms with E-state index < -0.39 is 0 Å². The lowest BCUT2D eigenvalue weighted by Crippen LogP contribution is -2.00. The molecular formula is C21H19FN2O. The number of benzene rings is 3. The van der Waals surface area contributed by atoms with Crippen LogP contribution in [0.1, 0.15) is 16.7 Å². The van der Waals surface area contributed by atoms with Crippen LogP contribution < -0.4 is 10.2 Å². The van der Waals surface area contributed by atoms with E-state index in [0.29, 0.717) is 6.61 Å². The van der Waals surface area contributed by atoms with Crippen LogP contribution >= 0.6 is 0 Å². The van der Waals surface area contributed by atoms with E-state index in [1.165, 1.54) is 17.7 Å². The maximum Gasteiger partial charge on any atom is 0.128 e. The van der Waals surface area contributed by atoms with Gasteiger partial charge in [0.05, 0.1) is 11.9 Å². The quantitative estimate of drug-likeness (QED) is 0.499. The number of hydrogen-bond acceptors (Lipinski definition) is 3. The summed E-state index contributed by atoms with van der Waals surface area (Å²) in [6.07, 6.45) is 1.69. The van der Waals surface area contributed by atoms with Crippen molar-refractivity contribution in [3.05, 3.63) is 95.3 Å². The predicted octanol–water partition coefficient (Wildman–Crippen LogP) is 5.16. The van der Waals surface area contributed by atoms with Crippen LogP contribution in [-0.2, 0) is 6.61 Å². The summed E-state index contributed by atoms with van der Waals surface area (Å²) in [5.41, 5.74) is 6.81. The fourth-order valence-corrected chi connectivity index (χ4v) is 2.35. The Hall–Kier alpha value is -3.14. The van der Waals surface area contributed by atoms with Crippen molar-refractivity contribution < 1.29 is 9.13 Å². The molecule has 0 aliphatic carbocycles. The van der Waals surface area contributed by atoms with Crippen molar-refractivity contribution in [3.8, 4) is 5.75 Å². The fourth-order valence-electron chi connectivity index (χ4n) is 2.35. The van der Waals surface area contributed by atoms with Gasteiger partial charge in [-0.3, -0.25) is 5.43 Å². The number of nitrogens with one attached hydrogen (secondary N) is 1. The van der Waals surface area contributed by atoms with Crippen LogP contribution in [0.2, 0.25) is 0 Å². The highest BCUT2D eigenvalue weighted by Gasteiger charge is 2.03. The highest BCUT2D eigenvalue weighted by Crippen LogP contribution is 2.19. The first-order chi connectivity index (χ1) is 12.2. The molecule has 25 heavy (non-hydrogen) atoms. The zero-order chi connectivity index (χ0) is 17.5. The van der Waals surface area contributed by atoms with Crippen molar-refractivity contribution in [1.29, 1.82) is 0 Å².